The molecule has 0 aromatic heterocycles. The van der Waals surface area contributed by atoms with Crippen LogP contribution in [0.2, 0.25) is 0 Å². The average Bonchev–Trinajstić information content (AvgIpc) is 3.37. The van der Waals surface area contributed by atoms with Crippen molar-refractivity contribution in [2.75, 3.05) is 13.2 Å². The Kier molecular flexibility index (Phi) is 57.2. The number of allylic oxidation sites excluding steroid dienone is 10. The van der Waals surface area contributed by atoms with Crippen molar-refractivity contribution in [3.63, 3.8) is 0 Å². The first kappa shape index (κ1) is 68.1. The average molecular weight is 994 g/mol. The number of rotatable bonds is 56. The third-order valence-electron chi connectivity index (χ3n) is 13.5. The van der Waals surface area contributed by atoms with Gasteiger partial charge in [0, 0.05) is 19.3 Å². The maximum absolute atomic E-state index is 12.8. The molecule has 1 unspecified atom stereocenters. The molecule has 6 nitrogen and oxygen atoms in total. The predicted octanol–water partition coefficient (Wildman–Crippen LogP) is 20.8. The zero-order valence-electron chi connectivity index (χ0n) is 47.2. The van der Waals surface area contributed by atoms with Gasteiger partial charge < -0.3 is 14.2 Å². The molecule has 0 rings (SSSR count). The third-order valence-corrected chi connectivity index (χ3v) is 13.5. The molecule has 0 saturated carbocycles. The molecule has 71 heavy (non-hydrogen) atoms. The van der Waals surface area contributed by atoms with E-state index in [4.69, 9.17) is 14.2 Å². The molecular formula is C65H116O6. The lowest BCUT2D eigenvalue weighted by atomic mass is 10.0. The largest absolute Gasteiger partial charge is 0.462 e. The van der Waals surface area contributed by atoms with Crippen molar-refractivity contribution in [1.82, 2.24) is 0 Å². The van der Waals surface area contributed by atoms with E-state index >= 15 is 0 Å². The van der Waals surface area contributed by atoms with E-state index in [0.717, 1.165) is 64.2 Å². The molecule has 0 radical (unpaired) electrons. The standard InChI is InChI=1S/C65H116O6/c1-4-7-10-13-16-19-22-25-26-27-28-29-30-31-32-33-34-35-36-37-38-41-43-46-49-52-55-58-64(67)70-61-62(71-65(68)59-56-53-50-47-44-40-24-21-18-15-12-9-6-3)60-69-63(66)57-54-51-48-45-42-39-23-20-17-14-11-8-5-2/h9,12,18,21,27-28,40,44,50,53,62H,4-8,10-11,13-17,19-20,22-26,29-39,41-43,45-49,51-52,54-61H2,1-3H3/b12-9-,21-18-,28-27-,44-40-,53-50-. The van der Waals surface area contributed by atoms with Crippen molar-refractivity contribution in [2.45, 2.75) is 322 Å². The smallest absolute Gasteiger partial charge is 0.306 e. The van der Waals surface area contributed by atoms with Crippen molar-refractivity contribution >= 4 is 17.9 Å². The van der Waals surface area contributed by atoms with Crippen LogP contribution in [0.4, 0.5) is 0 Å². The number of carbonyl (C=O) groups excluding carboxylic acids is 3. The number of ether oxygens (including phenoxy) is 3. The zero-order valence-corrected chi connectivity index (χ0v) is 47.2. The highest BCUT2D eigenvalue weighted by Crippen LogP contribution is 2.17. The summed E-state index contributed by atoms with van der Waals surface area (Å²) in [5.74, 6) is -0.968. The molecule has 0 fully saturated rings. The molecule has 0 aliphatic heterocycles. The lowest BCUT2D eigenvalue weighted by Crippen LogP contribution is -2.30. The highest BCUT2D eigenvalue weighted by atomic mass is 16.6. The van der Waals surface area contributed by atoms with Crippen LogP contribution in [0.1, 0.15) is 316 Å². The number of hydrogen-bond donors (Lipinski definition) is 0. The summed E-state index contributed by atoms with van der Waals surface area (Å²) in [5, 5.41) is 0. The Morgan fingerprint density at radius 1 is 0.296 bits per heavy atom. The molecule has 6 heteroatoms. The van der Waals surface area contributed by atoms with Gasteiger partial charge in [-0.25, -0.2) is 0 Å². The molecule has 412 valence electrons. The fraction of sp³-hybridized carbons (Fsp3) is 0.800. The van der Waals surface area contributed by atoms with Crippen LogP contribution in [0, 0.1) is 0 Å². The van der Waals surface area contributed by atoms with Crippen LogP contribution in [-0.2, 0) is 28.6 Å². The van der Waals surface area contributed by atoms with Crippen molar-refractivity contribution in [3.8, 4) is 0 Å². The van der Waals surface area contributed by atoms with Gasteiger partial charge in [0.2, 0.25) is 0 Å². The second kappa shape index (κ2) is 59.7. The summed E-state index contributed by atoms with van der Waals surface area (Å²) in [7, 11) is 0. The fourth-order valence-electron chi connectivity index (χ4n) is 8.92. The van der Waals surface area contributed by atoms with E-state index in [0.29, 0.717) is 19.3 Å². The normalized spacial score (nSPS) is 12.4. The summed E-state index contributed by atoms with van der Waals surface area (Å²) in [4.78, 5) is 38.1. The number of unbranched alkanes of at least 4 members (excludes halogenated alkanes) is 35. The van der Waals surface area contributed by atoms with Gasteiger partial charge in [0.25, 0.3) is 0 Å². The molecule has 0 spiro atoms. The quantitative estimate of drug-likeness (QED) is 0.0261. The SMILES string of the molecule is CC/C=C\C/C=C\C/C=C\C/C=C\CCC(=O)OC(COC(=O)CCCCCCCCCCCCCCC)COC(=O)CCCCCCCCCCCCCCCCC/C=C\CCCCCCCCCC. The van der Waals surface area contributed by atoms with Gasteiger partial charge in [-0.3, -0.25) is 14.4 Å². The Hall–Kier alpha value is -2.89. The minimum Gasteiger partial charge on any atom is -0.462 e. The zero-order chi connectivity index (χ0) is 51.4. The summed E-state index contributed by atoms with van der Waals surface area (Å²) in [5.41, 5.74) is 0. The Morgan fingerprint density at radius 2 is 0.577 bits per heavy atom. The van der Waals surface area contributed by atoms with Crippen molar-refractivity contribution in [3.05, 3.63) is 60.8 Å². The van der Waals surface area contributed by atoms with Gasteiger partial charge in [0.15, 0.2) is 6.10 Å². The topological polar surface area (TPSA) is 78.9 Å². The minimum atomic E-state index is -0.809. The molecule has 0 aliphatic rings. The minimum absolute atomic E-state index is 0.0992. The molecule has 1 atom stereocenters. The summed E-state index contributed by atoms with van der Waals surface area (Å²) in [6.07, 6.45) is 75.4. The van der Waals surface area contributed by atoms with E-state index in [1.54, 1.807) is 0 Å². The van der Waals surface area contributed by atoms with Gasteiger partial charge in [0.1, 0.15) is 13.2 Å². The van der Waals surface area contributed by atoms with E-state index in [1.807, 2.05) is 6.08 Å². The summed E-state index contributed by atoms with van der Waals surface area (Å²) in [6, 6.07) is 0. The molecule has 0 heterocycles. The monoisotopic (exact) mass is 993 g/mol. The molecule has 0 N–H and O–H groups in total. The third kappa shape index (κ3) is 57.9. The van der Waals surface area contributed by atoms with Crippen LogP contribution in [0.3, 0.4) is 0 Å². The lowest BCUT2D eigenvalue weighted by Gasteiger charge is -2.18. The molecule has 0 aromatic rings. The second-order valence-corrected chi connectivity index (χ2v) is 20.6. The van der Waals surface area contributed by atoms with E-state index in [1.165, 1.54) is 205 Å². The van der Waals surface area contributed by atoms with Gasteiger partial charge >= 0.3 is 17.9 Å². The summed E-state index contributed by atoms with van der Waals surface area (Å²) >= 11 is 0. The Labute approximate surface area is 440 Å². The lowest BCUT2D eigenvalue weighted by molar-refractivity contribution is -0.166. The van der Waals surface area contributed by atoms with E-state index in [2.05, 4.69) is 75.5 Å². The predicted molar refractivity (Wildman–Crippen MR) is 307 cm³/mol. The highest BCUT2D eigenvalue weighted by molar-refractivity contribution is 5.71. The maximum Gasteiger partial charge on any atom is 0.306 e. The van der Waals surface area contributed by atoms with Gasteiger partial charge in [-0.05, 0) is 70.6 Å². The number of esters is 3. The van der Waals surface area contributed by atoms with E-state index < -0.39 is 6.10 Å². The van der Waals surface area contributed by atoms with E-state index in [9.17, 15) is 14.4 Å². The number of hydrogen-bond acceptors (Lipinski definition) is 6. The van der Waals surface area contributed by atoms with Crippen LogP contribution in [-0.4, -0.2) is 37.2 Å². The molecule has 0 aromatic carbocycles. The van der Waals surface area contributed by atoms with Gasteiger partial charge in [-0.2, -0.15) is 0 Å². The molecule has 0 bridgehead atoms. The Bertz CT molecular complexity index is 1280. The second-order valence-electron chi connectivity index (χ2n) is 20.6. The summed E-state index contributed by atoms with van der Waals surface area (Å²) < 4.78 is 16.8. The van der Waals surface area contributed by atoms with Crippen LogP contribution in [0.25, 0.3) is 0 Å². The molecule has 0 saturated heterocycles. The summed E-state index contributed by atoms with van der Waals surface area (Å²) in [6.45, 7) is 6.50. The highest BCUT2D eigenvalue weighted by Gasteiger charge is 2.19. The van der Waals surface area contributed by atoms with Crippen molar-refractivity contribution < 1.29 is 28.6 Å². The van der Waals surface area contributed by atoms with Gasteiger partial charge in [-0.1, -0.05) is 287 Å². The van der Waals surface area contributed by atoms with Crippen molar-refractivity contribution in [1.29, 1.82) is 0 Å². The van der Waals surface area contributed by atoms with Crippen LogP contribution >= 0.6 is 0 Å². The van der Waals surface area contributed by atoms with Crippen LogP contribution in [0.5, 0.6) is 0 Å². The molecule has 0 aliphatic carbocycles. The Balaban J connectivity index is 4.22. The van der Waals surface area contributed by atoms with Crippen LogP contribution in [0.15, 0.2) is 60.8 Å². The molecule has 0 amide bonds. The van der Waals surface area contributed by atoms with Crippen LogP contribution < -0.4 is 0 Å². The fourth-order valence-corrected chi connectivity index (χ4v) is 8.92. The molecular weight excluding hydrogens is 877 g/mol. The van der Waals surface area contributed by atoms with Gasteiger partial charge in [-0.15, -0.1) is 0 Å². The first-order chi connectivity index (χ1) is 35.0. The first-order valence-electron chi connectivity index (χ1n) is 30.8. The first-order valence-corrected chi connectivity index (χ1v) is 30.8. The maximum atomic E-state index is 12.8. The Morgan fingerprint density at radius 3 is 0.915 bits per heavy atom. The van der Waals surface area contributed by atoms with Crippen molar-refractivity contribution in [2.24, 2.45) is 0 Å². The van der Waals surface area contributed by atoms with E-state index in [-0.39, 0.29) is 37.5 Å². The van der Waals surface area contributed by atoms with Gasteiger partial charge in [0.05, 0.1) is 0 Å². The number of carbonyl (C=O) groups is 3.